The maximum atomic E-state index is 13.4. The van der Waals surface area contributed by atoms with Crippen LogP contribution in [0.3, 0.4) is 0 Å². The second-order valence-electron chi connectivity index (χ2n) is 3.68. The lowest BCUT2D eigenvalue weighted by Gasteiger charge is -2.07. The highest BCUT2D eigenvalue weighted by molar-refractivity contribution is 9.10. The van der Waals surface area contributed by atoms with E-state index in [1.165, 1.54) is 12.1 Å². The number of carbonyl (C=O) groups excluding carboxylic acids is 1. The SMILES string of the molecule is O=C(Nc1ccc(F)c(F)c1F)c1ccc(Br)cc1. The third-order valence-electron chi connectivity index (χ3n) is 2.39. The van der Waals surface area contributed by atoms with Crippen LogP contribution in [0.15, 0.2) is 40.9 Å². The molecule has 0 spiro atoms. The summed E-state index contributed by atoms with van der Waals surface area (Å²) in [6, 6.07) is 8.00. The number of hydrogen-bond acceptors (Lipinski definition) is 1. The van der Waals surface area contributed by atoms with Gasteiger partial charge in [0.2, 0.25) is 0 Å². The molecule has 0 aromatic heterocycles. The van der Waals surface area contributed by atoms with Crippen LogP contribution < -0.4 is 5.32 Å². The normalized spacial score (nSPS) is 10.3. The molecule has 19 heavy (non-hydrogen) atoms. The highest BCUT2D eigenvalue weighted by Gasteiger charge is 2.15. The summed E-state index contributed by atoms with van der Waals surface area (Å²) >= 11 is 3.21. The van der Waals surface area contributed by atoms with Crippen molar-refractivity contribution in [3.8, 4) is 0 Å². The van der Waals surface area contributed by atoms with E-state index in [1.54, 1.807) is 12.1 Å². The first-order valence-electron chi connectivity index (χ1n) is 5.19. The van der Waals surface area contributed by atoms with Gasteiger partial charge in [-0.2, -0.15) is 0 Å². The van der Waals surface area contributed by atoms with Crippen molar-refractivity contribution < 1.29 is 18.0 Å². The largest absolute Gasteiger partial charge is 0.319 e. The van der Waals surface area contributed by atoms with Gasteiger partial charge in [-0.25, -0.2) is 13.2 Å². The molecule has 0 aliphatic heterocycles. The van der Waals surface area contributed by atoms with E-state index < -0.39 is 29.0 Å². The van der Waals surface area contributed by atoms with Gasteiger partial charge >= 0.3 is 0 Å². The molecule has 0 heterocycles. The fourth-order valence-electron chi connectivity index (χ4n) is 1.42. The summed E-state index contributed by atoms with van der Waals surface area (Å²) in [6.07, 6.45) is 0. The van der Waals surface area contributed by atoms with Gasteiger partial charge in [-0.1, -0.05) is 15.9 Å². The van der Waals surface area contributed by atoms with Crippen LogP contribution in [0.1, 0.15) is 10.4 Å². The number of hydrogen-bond donors (Lipinski definition) is 1. The van der Waals surface area contributed by atoms with Crippen LogP contribution in [0.2, 0.25) is 0 Å². The van der Waals surface area contributed by atoms with Gasteiger partial charge in [0.05, 0.1) is 5.69 Å². The van der Waals surface area contributed by atoms with Crippen molar-refractivity contribution in [2.75, 3.05) is 5.32 Å². The first-order chi connectivity index (χ1) is 8.99. The molecule has 2 rings (SSSR count). The van der Waals surface area contributed by atoms with E-state index in [-0.39, 0.29) is 5.56 Å². The summed E-state index contributed by atoms with van der Waals surface area (Å²) in [4.78, 5) is 11.8. The van der Waals surface area contributed by atoms with Crippen LogP contribution in [0.25, 0.3) is 0 Å². The molecule has 0 radical (unpaired) electrons. The zero-order valence-electron chi connectivity index (χ0n) is 9.38. The van der Waals surface area contributed by atoms with E-state index >= 15 is 0 Å². The number of nitrogens with one attached hydrogen (secondary N) is 1. The van der Waals surface area contributed by atoms with Gasteiger partial charge in [-0.15, -0.1) is 0 Å². The lowest BCUT2D eigenvalue weighted by Crippen LogP contribution is -2.13. The Bertz CT molecular complexity index is 629. The molecule has 0 atom stereocenters. The highest BCUT2D eigenvalue weighted by atomic mass is 79.9. The van der Waals surface area contributed by atoms with E-state index in [0.717, 1.165) is 16.6 Å². The lowest BCUT2D eigenvalue weighted by atomic mass is 10.2. The Morgan fingerprint density at radius 1 is 0.947 bits per heavy atom. The molecule has 0 aliphatic carbocycles. The fraction of sp³-hybridized carbons (Fsp3) is 0. The van der Waals surface area contributed by atoms with Gasteiger partial charge in [-0.05, 0) is 36.4 Å². The Balaban J connectivity index is 2.24. The zero-order chi connectivity index (χ0) is 14.0. The summed E-state index contributed by atoms with van der Waals surface area (Å²) < 4.78 is 39.9. The molecule has 2 aromatic rings. The molecule has 1 amide bonds. The van der Waals surface area contributed by atoms with Crippen molar-refractivity contribution in [2.45, 2.75) is 0 Å². The van der Waals surface area contributed by atoms with Crippen molar-refractivity contribution in [3.05, 3.63) is 63.9 Å². The zero-order valence-corrected chi connectivity index (χ0v) is 11.0. The molecule has 6 heteroatoms. The second kappa shape index (κ2) is 5.44. The van der Waals surface area contributed by atoms with Crippen LogP contribution in [-0.2, 0) is 0 Å². The molecule has 98 valence electrons. The number of benzene rings is 2. The summed E-state index contributed by atoms with van der Waals surface area (Å²) in [5.74, 6) is -4.96. The second-order valence-corrected chi connectivity index (χ2v) is 4.60. The number of rotatable bonds is 2. The summed E-state index contributed by atoms with van der Waals surface area (Å²) in [7, 11) is 0. The quantitative estimate of drug-likeness (QED) is 0.825. The Hall–Kier alpha value is -1.82. The van der Waals surface area contributed by atoms with Gasteiger partial charge in [0.25, 0.3) is 5.91 Å². The predicted molar refractivity (Wildman–Crippen MR) is 68.4 cm³/mol. The van der Waals surface area contributed by atoms with Crippen molar-refractivity contribution in [3.63, 3.8) is 0 Å². The van der Waals surface area contributed by atoms with Gasteiger partial charge in [-0.3, -0.25) is 4.79 Å². The molecule has 0 unspecified atom stereocenters. The minimum Gasteiger partial charge on any atom is -0.319 e. The molecule has 0 fully saturated rings. The van der Waals surface area contributed by atoms with Gasteiger partial charge < -0.3 is 5.32 Å². The van der Waals surface area contributed by atoms with E-state index in [9.17, 15) is 18.0 Å². The fourth-order valence-corrected chi connectivity index (χ4v) is 1.68. The van der Waals surface area contributed by atoms with Gasteiger partial charge in [0.15, 0.2) is 17.5 Å². The van der Waals surface area contributed by atoms with E-state index in [1.807, 2.05) is 0 Å². The number of amides is 1. The molecular weight excluding hydrogens is 323 g/mol. The van der Waals surface area contributed by atoms with Crippen LogP contribution in [0, 0.1) is 17.5 Å². The van der Waals surface area contributed by atoms with Crippen LogP contribution >= 0.6 is 15.9 Å². The van der Waals surface area contributed by atoms with Crippen LogP contribution in [0.4, 0.5) is 18.9 Å². The third kappa shape index (κ3) is 2.96. The molecule has 0 saturated heterocycles. The minimum absolute atomic E-state index is 0.271. The molecule has 0 saturated carbocycles. The Labute approximate surface area is 115 Å². The molecule has 0 bridgehead atoms. The average Bonchev–Trinajstić information content (AvgIpc) is 2.40. The van der Waals surface area contributed by atoms with Gasteiger partial charge in [0, 0.05) is 10.0 Å². The molecule has 2 nitrogen and oxygen atoms in total. The monoisotopic (exact) mass is 329 g/mol. The first kappa shape index (κ1) is 13.6. The highest BCUT2D eigenvalue weighted by Crippen LogP contribution is 2.20. The van der Waals surface area contributed by atoms with Crippen molar-refractivity contribution >= 4 is 27.5 Å². The molecule has 2 aromatic carbocycles. The maximum absolute atomic E-state index is 13.4. The van der Waals surface area contributed by atoms with Gasteiger partial charge in [0.1, 0.15) is 0 Å². The maximum Gasteiger partial charge on any atom is 0.255 e. The van der Waals surface area contributed by atoms with Crippen molar-refractivity contribution in [2.24, 2.45) is 0 Å². The van der Waals surface area contributed by atoms with E-state index in [0.29, 0.717) is 0 Å². The third-order valence-corrected chi connectivity index (χ3v) is 2.92. The number of anilines is 1. The topological polar surface area (TPSA) is 29.1 Å². The van der Waals surface area contributed by atoms with Crippen molar-refractivity contribution in [1.82, 2.24) is 0 Å². The first-order valence-corrected chi connectivity index (χ1v) is 5.99. The standard InChI is InChI=1S/C13H7BrF3NO/c14-8-3-1-7(2-4-8)13(19)18-10-6-5-9(15)11(16)12(10)17/h1-6H,(H,18,19). The van der Waals surface area contributed by atoms with E-state index in [2.05, 4.69) is 21.2 Å². The minimum atomic E-state index is -1.62. The predicted octanol–water partition coefficient (Wildman–Crippen LogP) is 4.12. The average molecular weight is 330 g/mol. The number of carbonyl (C=O) groups is 1. The summed E-state index contributed by atoms with van der Waals surface area (Å²) in [6.45, 7) is 0. The smallest absolute Gasteiger partial charge is 0.255 e. The van der Waals surface area contributed by atoms with Crippen LogP contribution in [0.5, 0.6) is 0 Å². The Kier molecular flexibility index (Phi) is 3.90. The summed E-state index contributed by atoms with van der Waals surface area (Å²) in [5.41, 5.74) is -0.140. The van der Waals surface area contributed by atoms with Crippen molar-refractivity contribution in [1.29, 1.82) is 0 Å². The number of halogens is 4. The Morgan fingerprint density at radius 3 is 2.21 bits per heavy atom. The molecule has 0 aliphatic rings. The lowest BCUT2D eigenvalue weighted by molar-refractivity contribution is 0.102. The molecular formula is C13H7BrF3NO. The summed E-state index contributed by atoms with van der Waals surface area (Å²) in [5, 5.41) is 2.18. The molecule has 1 N–H and O–H groups in total. The Morgan fingerprint density at radius 2 is 1.58 bits per heavy atom. The van der Waals surface area contributed by atoms with E-state index in [4.69, 9.17) is 0 Å². The van der Waals surface area contributed by atoms with Crippen LogP contribution in [-0.4, -0.2) is 5.91 Å².